The number of aliphatic hydroxyl groups excluding tert-OH is 2. The maximum absolute atomic E-state index is 15.4. The third kappa shape index (κ3) is 2.47. The second-order valence-electron chi connectivity index (χ2n) is 5.43. The SMILES string of the molecule is C[C@@H](O)[C@H]1O[C@@H](n2cnc3cnc(N)nc32)[C@@](F)(C#CCF)C1O. The van der Waals surface area contributed by atoms with Crippen LogP contribution in [0, 0.1) is 11.8 Å². The fraction of sp³-hybridized carbons (Fsp3) is 0.500. The van der Waals surface area contributed by atoms with Crippen molar-refractivity contribution in [2.45, 2.75) is 37.1 Å². The van der Waals surface area contributed by atoms with E-state index in [0.29, 0.717) is 5.52 Å². The smallest absolute Gasteiger partial charge is 0.243 e. The second-order valence-corrected chi connectivity index (χ2v) is 5.43. The van der Waals surface area contributed by atoms with Gasteiger partial charge in [0.2, 0.25) is 11.6 Å². The number of nitrogens with zero attached hydrogens (tertiary/aromatic N) is 4. The highest BCUT2D eigenvalue weighted by molar-refractivity contribution is 5.70. The fourth-order valence-electron chi connectivity index (χ4n) is 2.67. The third-order valence-electron chi connectivity index (χ3n) is 3.80. The van der Waals surface area contributed by atoms with Gasteiger partial charge in [-0.25, -0.2) is 18.7 Å². The molecule has 0 aliphatic carbocycles. The van der Waals surface area contributed by atoms with Crippen LogP contribution in [0.1, 0.15) is 13.2 Å². The lowest BCUT2D eigenvalue weighted by molar-refractivity contribution is -0.0776. The quantitative estimate of drug-likeness (QED) is 0.644. The van der Waals surface area contributed by atoms with Crippen LogP contribution in [0.5, 0.6) is 0 Å². The zero-order valence-electron chi connectivity index (χ0n) is 12.6. The maximum Gasteiger partial charge on any atom is 0.243 e. The predicted molar refractivity (Wildman–Crippen MR) is 78.9 cm³/mol. The second kappa shape index (κ2) is 5.94. The lowest BCUT2D eigenvalue weighted by Crippen LogP contribution is -2.44. The molecule has 1 saturated heterocycles. The molecule has 3 rings (SSSR count). The molecule has 1 unspecified atom stereocenters. The van der Waals surface area contributed by atoms with E-state index in [4.69, 9.17) is 10.5 Å². The van der Waals surface area contributed by atoms with Crippen LogP contribution >= 0.6 is 0 Å². The highest BCUT2D eigenvalue weighted by Crippen LogP contribution is 2.43. The molecule has 8 nitrogen and oxygen atoms in total. The van der Waals surface area contributed by atoms with Crippen molar-refractivity contribution in [3.05, 3.63) is 12.5 Å². The first-order chi connectivity index (χ1) is 11.4. The summed E-state index contributed by atoms with van der Waals surface area (Å²) in [4.78, 5) is 11.8. The summed E-state index contributed by atoms with van der Waals surface area (Å²) in [5.74, 6) is 3.97. The lowest BCUT2D eigenvalue weighted by Gasteiger charge is -2.23. The van der Waals surface area contributed by atoms with E-state index in [1.807, 2.05) is 5.92 Å². The number of aromatic nitrogens is 4. The highest BCUT2D eigenvalue weighted by atomic mass is 19.1. The van der Waals surface area contributed by atoms with Crippen molar-refractivity contribution in [3.63, 3.8) is 0 Å². The largest absolute Gasteiger partial charge is 0.391 e. The van der Waals surface area contributed by atoms with Gasteiger partial charge in [0.05, 0.1) is 18.6 Å². The topological polar surface area (TPSA) is 119 Å². The molecule has 2 aromatic rings. The Morgan fingerprint density at radius 1 is 1.54 bits per heavy atom. The number of hydrogen-bond acceptors (Lipinski definition) is 7. The standard InChI is InChI=1S/C14H15F2N5O3/c1-7(22)9-10(23)14(16,3-2-4-15)12(24-9)21-6-19-8-5-18-13(17)20-11(8)21/h5-7,9-10,12,22-23H,4H2,1H3,(H2,17,18,20)/t7-,9-,10?,12-,14-/m1/s1. The molecule has 1 aliphatic heterocycles. The van der Waals surface area contributed by atoms with Crippen LogP contribution < -0.4 is 5.73 Å². The van der Waals surface area contributed by atoms with Crippen molar-refractivity contribution in [1.82, 2.24) is 19.5 Å². The number of nitrogens with two attached hydrogens (primary N) is 1. The van der Waals surface area contributed by atoms with E-state index < -0.39 is 36.9 Å². The summed E-state index contributed by atoms with van der Waals surface area (Å²) < 4.78 is 34.5. The molecule has 0 radical (unpaired) electrons. The van der Waals surface area contributed by atoms with Crippen molar-refractivity contribution < 1.29 is 23.7 Å². The van der Waals surface area contributed by atoms with Gasteiger partial charge in [0.15, 0.2) is 11.9 Å². The van der Waals surface area contributed by atoms with Crippen molar-refractivity contribution in [3.8, 4) is 11.8 Å². The Labute approximate surface area is 135 Å². The van der Waals surface area contributed by atoms with E-state index in [1.54, 1.807) is 0 Å². The van der Waals surface area contributed by atoms with Gasteiger partial charge in [-0.15, -0.1) is 0 Å². The van der Waals surface area contributed by atoms with Gasteiger partial charge in [-0.2, -0.15) is 4.98 Å². The molecule has 0 saturated carbocycles. The van der Waals surface area contributed by atoms with E-state index in [2.05, 4.69) is 20.9 Å². The molecule has 24 heavy (non-hydrogen) atoms. The van der Waals surface area contributed by atoms with Gasteiger partial charge in [-0.3, -0.25) is 4.57 Å². The summed E-state index contributed by atoms with van der Waals surface area (Å²) in [5.41, 5.74) is 3.36. The van der Waals surface area contributed by atoms with Crippen LogP contribution in [-0.4, -0.2) is 60.4 Å². The number of aliphatic hydroxyl groups is 2. The van der Waals surface area contributed by atoms with Crippen molar-refractivity contribution in [1.29, 1.82) is 0 Å². The minimum absolute atomic E-state index is 0.0610. The van der Waals surface area contributed by atoms with E-state index in [-0.39, 0.29) is 11.6 Å². The Morgan fingerprint density at radius 2 is 2.29 bits per heavy atom. The number of imidazole rings is 1. The molecule has 2 aromatic heterocycles. The van der Waals surface area contributed by atoms with Crippen LogP contribution in [0.4, 0.5) is 14.7 Å². The molecule has 0 amide bonds. The van der Waals surface area contributed by atoms with Crippen molar-refractivity contribution >= 4 is 17.1 Å². The normalized spacial score (nSPS) is 31.0. The summed E-state index contributed by atoms with van der Waals surface area (Å²) >= 11 is 0. The molecule has 1 aliphatic rings. The Bertz CT molecular complexity index is 818. The van der Waals surface area contributed by atoms with Gasteiger partial charge in [0, 0.05) is 0 Å². The molecule has 3 heterocycles. The van der Waals surface area contributed by atoms with Crippen molar-refractivity contribution in [2.24, 2.45) is 0 Å². The number of alkyl halides is 2. The number of anilines is 1. The van der Waals surface area contributed by atoms with Crippen LogP contribution in [0.2, 0.25) is 0 Å². The number of nitrogen functional groups attached to an aromatic ring is 1. The number of hydrogen-bond donors (Lipinski definition) is 3. The van der Waals surface area contributed by atoms with Crippen LogP contribution in [0.15, 0.2) is 12.5 Å². The molecule has 10 heteroatoms. The Hall–Kier alpha value is -2.35. The Morgan fingerprint density at radius 3 is 2.96 bits per heavy atom. The highest BCUT2D eigenvalue weighted by Gasteiger charge is 2.59. The van der Waals surface area contributed by atoms with Gasteiger partial charge in [-0.05, 0) is 6.92 Å². The molecular formula is C14H15F2N5O3. The summed E-state index contributed by atoms with van der Waals surface area (Å²) in [6.07, 6.45) is -3.15. The maximum atomic E-state index is 15.4. The zero-order chi connectivity index (χ0) is 17.5. The summed E-state index contributed by atoms with van der Waals surface area (Å²) in [5, 5.41) is 19.9. The van der Waals surface area contributed by atoms with E-state index >= 15 is 4.39 Å². The zero-order valence-corrected chi connectivity index (χ0v) is 12.6. The third-order valence-corrected chi connectivity index (χ3v) is 3.80. The summed E-state index contributed by atoms with van der Waals surface area (Å²) in [7, 11) is 0. The van der Waals surface area contributed by atoms with E-state index in [1.165, 1.54) is 24.0 Å². The minimum atomic E-state index is -2.67. The summed E-state index contributed by atoms with van der Waals surface area (Å²) in [6.45, 7) is 0.246. The summed E-state index contributed by atoms with van der Waals surface area (Å²) in [6, 6.07) is 0. The number of rotatable bonds is 2. The number of halogens is 2. The van der Waals surface area contributed by atoms with Gasteiger partial charge in [-0.1, -0.05) is 11.8 Å². The van der Waals surface area contributed by atoms with E-state index in [9.17, 15) is 14.6 Å². The van der Waals surface area contributed by atoms with E-state index in [0.717, 1.165) is 0 Å². The number of ether oxygens (including phenoxy) is 1. The van der Waals surface area contributed by atoms with Crippen LogP contribution in [0.25, 0.3) is 11.2 Å². The fourth-order valence-corrected chi connectivity index (χ4v) is 2.67. The molecule has 0 aromatic carbocycles. The first-order valence-electron chi connectivity index (χ1n) is 7.10. The molecule has 1 fully saturated rings. The molecule has 5 atom stereocenters. The number of fused-ring (bicyclic) bond motifs is 1. The average molecular weight is 339 g/mol. The monoisotopic (exact) mass is 339 g/mol. The first kappa shape index (κ1) is 16.5. The molecule has 0 bridgehead atoms. The Kier molecular flexibility index (Phi) is 4.08. The average Bonchev–Trinajstić information content (AvgIpc) is 3.05. The minimum Gasteiger partial charge on any atom is -0.391 e. The molecular weight excluding hydrogens is 324 g/mol. The van der Waals surface area contributed by atoms with Gasteiger partial charge < -0.3 is 20.7 Å². The lowest BCUT2D eigenvalue weighted by atomic mass is 9.94. The van der Waals surface area contributed by atoms with Gasteiger partial charge >= 0.3 is 0 Å². The predicted octanol–water partition coefficient (Wildman–Crippen LogP) is -0.271. The van der Waals surface area contributed by atoms with Crippen LogP contribution in [0.3, 0.4) is 0 Å². The van der Waals surface area contributed by atoms with Crippen molar-refractivity contribution in [2.75, 3.05) is 12.4 Å². The molecule has 128 valence electrons. The first-order valence-corrected chi connectivity index (χ1v) is 7.10. The van der Waals surface area contributed by atoms with Gasteiger partial charge in [0.25, 0.3) is 0 Å². The Balaban J connectivity index is 2.13. The molecule has 0 spiro atoms. The molecule has 4 N–H and O–H groups in total. The van der Waals surface area contributed by atoms with Gasteiger partial charge in [0.1, 0.15) is 24.4 Å². The van der Waals surface area contributed by atoms with Crippen LogP contribution in [-0.2, 0) is 4.74 Å².